The Balaban J connectivity index is 1.90. The van der Waals surface area contributed by atoms with Crippen LogP contribution in [-0.4, -0.2) is 14.5 Å². The Kier molecular flexibility index (Phi) is 4.11. The van der Waals surface area contributed by atoms with E-state index in [1.54, 1.807) is 6.20 Å². The van der Waals surface area contributed by atoms with Crippen LogP contribution >= 0.6 is 0 Å². The minimum absolute atomic E-state index is 0.542. The van der Waals surface area contributed by atoms with Crippen LogP contribution < -0.4 is 4.74 Å². The minimum Gasteiger partial charge on any atom is -0.436 e. The third-order valence-electron chi connectivity index (χ3n) is 4.91. The first kappa shape index (κ1) is 16.6. The Labute approximate surface area is 153 Å². The summed E-state index contributed by atoms with van der Waals surface area (Å²) >= 11 is 0. The van der Waals surface area contributed by atoms with Crippen LogP contribution in [0.1, 0.15) is 25.1 Å². The number of nitrogens with zero attached hydrogens (tertiary/aromatic N) is 3. The van der Waals surface area contributed by atoms with Crippen molar-refractivity contribution < 1.29 is 4.74 Å². The zero-order valence-electron chi connectivity index (χ0n) is 15.7. The van der Waals surface area contributed by atoms with Crippen LogP contribution in [-0.2, 0) is 6.54 Å². The summed E-state index contributed by atoms with van der Waals surface area (Å²) in [6.45, 7) is 9.75. The van der Waals surface area contributed by atoms with Crippen LogP contribution in [0.3, 0.4) is 0 Å². The molecule has 0 amide bonds. The van der Waals surface area contributed by atoms with Gasteiger partial charge in [-0.1, -0.05) is 26.0 Å². The van der Waals surface area contributed by atoms with Gasteiger partial charge in [-0.15, -0.1) is 0 Å². The Morgan fingerprint density at radius 2 is 1.85 bits per heavy atom. The summed E-state index contributed by atoms with van der Waals surface area (Å²) in [7, 11) is 0. The normalized spacial score (nSPS) is 11.6. The fourth-order valence-corrected chi connectivity index (χ4v) is 3.52. The molecule has 0 bridgehead atoms. The highest BCUT2D eigenvalue weighted by Crippen LogP contribution is 2.35. The number of hydrogen-bond acceptors (Lipinski definition) is 3. The van der Waals surface area contributed by atoms with Gasteiger partial charge in [-0.3, -0.25) is 4.98 Å². The van der Waals surface area contributed by atoms with Crippen LogP contribution in [0.5, 0.6) is 11.6 Å². The lowest BCUT2D eigenvalue weighted by Gasteiger charge is -2.14. The quantitative estimate of drug-likeness (QED) is 0.480. The zero-order valence-corrected chi connectivity index (χ0v) is 15.7. The number of ether oxygens (including phenoxy) is 1. The number of rotatable bonds is 4. The molecule has 3 heterocycles. The van der Waals surface area contributed by atoms with E-state index in [4.69, 9.17) is 4.74 Å². The Bertz CT molecular complexity index is 1090. The van der Waals surface area contributed by atoms with Gasteiger partial charge in [-0.25, -0.2) is 4.98 Å². The van der Waals surface area contributed by atoms with E-state index in [0.29, 0.717) is 11.8 Å². The SMILES string of the molecule is Cc1c(C)n(CC(C)C)c2c(Oc3cccc4cnccc34)nccc12. The molecule has 4 aromatic rings. The standard InChI is InChI=1S/C22H23N3O/c1-14(2)13-25-16(4)15(3)18-9-11-24-22(21(18)25)26-20-7-5-6-17-12-23-10-8-19(17)20/h5-12,14H,13H2,1-4H3. The minimum atomic E-state index is 0.542. The van der Waals surface area contributed by atoms with E-state index < -0.39 is 0 Å². The number of hydrogen-bond donors (Lipinski definition) is 0. The average Bonchev–Trinajstić information content (AvgIpc) is 2.88. The van der Waals surface area contributed by atoms with Gasteiger partial charge in [0.05, 0.1) is 0 Å². The molecule has 3 aromatic heterocycles. The van der Waals surface area contributed by atoms with Crippen molar-refractivity contribution in [2.45, 2.75) is 34.2 Å². The number of benzene rings is 1. The van der Waals surface area contributed by atoms with Crippen LogP contribution in [0, 0.1) is 19.8 Å². The van der Waals surface area contributed by atoms with Crippen molar-refractivity contribution in [3.8, 4) is 11.6 Å². The lowest BCUT2D eigenvalue weighted by atomic mass is 10.1. The fourth-order valence-electron chi connectivity index (χ4n) is 3.52. The van der Waals surface area contributed by atoms with Gasteiger partial charge in [-0.2, -0.15) is 0 Å². The third kappa shape index (κ3) is 2.71. The van der Waals surface area contributed by atoms with E-state index >= 15 is 0 Å². The molecule has 26 heavy (non-hydrogen) atoms. The number of pyridine rings is 2. The number of fused-ring (bicyclic) bond motifs is 2. The largest absolute Gasteiger partial charge is 0.436 e. The van der Waals surface area contributed by atoms with Crippen LogP contribution in [0.4, 0.5) is 0 Å². The van der Waals surface area contributed by atoms with E-state index in [1.165, 1.54) is 16.6 Å². The topological polar surface area (TPSA) is 39.9 Å². The van der Waals surface area contributed by atoms with Crippen LogP contribution in [0.15, 0.2) is 48.9 Å². The second kappa shape index (κ2) is 6.45. The Morgan fingerprint density at radius 3 is 2.65 bits per heavy atom. The molecule has 4 rings (SSSR count). The van der Waals surface area contributed by atoms with Gasteiger partial charge in [0.25, 0.3) is 0 Å². The van der Waals surface area contributed by atoms with Crippen molar-refractivity contribution in [2.75, 3.05) is 0 Å². The molecule has 0 aliphatic heterocycles. The lowest BCUT2D eigenvalue weighted by Crippen LogP contribution is -2.07. The zero-order chi connectivity index (χ0) is 18.3. The molecule has 4 nitrogen and oxygen atoms in total. The Hall–Kier alpha value is -2.88. The van der Waals surface area contributed by atoms with E-state index in [2.05, 4.69) is 48.3 Å². The summed E-state index contributed by atoms with van der Waals surface area (Å²) in [5.74, 6) is 2.00. The van der Waals surface area contributed by atoms with Gasteiger partial charge in [0, 0.05) is 47.0 Å². The molecule has 4 heteroatoms. The molecule has 1 aromatic carbocycles. The average molecular weight is 345 g/mol. The molecule has 0 fully saturated rings. The van der Waals surface area contributed by atoms with Crippen molar-refractivity contribution in [3.05, 3.63) is 60.2 Å². The predicted molar refractivity (Wildman–Crippen MR) is 106 cm³/mol. The summed E-state index contributed by atoms with van der Waals surface area (Å²) in [4.78, 5) is 8.77. The highest BCUT2D eigenvalue weighted by Gasteiger charge is 2.18. The second-order valence-corrected chi connectivity index (χ2v) is 7.18. The highest BCUT2D eigenvalue weighted by atomic mass is 16.5. The summed E-state index contributed by atoms with van der Waals surface area (Å²) in [5, 5.41) is 3.30. The molecule has 0 aliphatic carbocycles. The maximum Gasteiger partial charge on any atom is 0.244 e. The molecular formula is C22H23N3O. The summed E-state index contributed by atoms with van der Waals surface area (Å²) < 4.78 is 8.67. The van der Waals surface area contributed by atoms with E-state index in [0.717, 1.165) is 28.6 Å². The first-order valence-corrected chi connectivity index (χ1v) is 9.01. The van der Waals surface area contributed by atoms with E-state index in [1.807, 2.05) is 36.7 Å². The monoisotopic (exact) mass is 345 g/mol. The highest BCUT2D eigenvalue weighted by molar-refractivity contribution is 5.91. The molecule has 0 saturated carbocycles. The molecule has 132 valence electrons. The van der Waals surface area contributed by atoms with Gasteiger partial charge < -0.3 is 9.30 Å². The third-order valence-corrected chi connectivity index (χ3v) is 4.91. The van der Waals surface area contributed by atoms with E-state index in [9.17, 15) is 0 Å². The molecule has 0 aliphatic rings. The van der Waals surface area contributed by atoms with Gasteiger partial charge in [0.1, 0.15) is 11.3 Å². The van der Waals surface area contributed by atoms with Crippen LogP contribution in [0.25, 0.3) is 21.7 Å². The molecule has 0 N–H and O–H groups in total. The first-order chi connectivity index (χ1) is 12.6. The summed E-state index contributed by atoms with van der Waals surface area (Å²) in [6, 6.07) is 10.1. The molecule has 0 spiro atoms. The second-order valence-electron chi connectivity index (χ2n) is 7.18. The lowest BCUT2D eigenvalue weighted by molar-refractivity contribution is 0.465. The number of aryl methyl sites for hydroxylation is 1. The molecular weight excluding hydrogens is 322 g/mol. The van der Waals surface area contributed by atoms with Crippen molar-refractivity contribution >= 4 is 21.7 Å². The van der Waals surface area contributed by atoms with Gasteiger partial charge in [0.15, 0.2) is 0 Å². The number of aromatic nitrogens is 3. The maximum atomic E-state index is 6.34. The van der Waals surface area contributed by atoms with Crippen molar-refractivity contribution in [2.24, 2.45) is 5.92 Å². The van der Waals surface area contributed by atoms with Crippen molar-refractivity contribution in [1.29, 1.82) is 0 Å². The molecule has 0 atom stereocenters. The smallest absolute Gasteiger partial charge is 0.244 e. The summed E-state index contributed by atoms with van der Waals surface area (Å²) in [5.41, 5.74) is 3.63. The molecule has 0 radical (unpaired) electrons. The Morgan fingerprint density at radius 1 is 1.04 bits per heavy atom. The molecule has 0 unspecified atom stereocenters. The van der Waals surface area contributed by atoms with Crippen LogP contribution in [0.2, 0.25) is 0 Å². The van der Waals surface area contributed by atoms with Gasteiger partial charge in [0.2, 0.25) is 5.88 Å². The first-order valence-electron chi connectivity index (χ1n) is 9.01. The fraction of sp³-hybridized carbons (Fsp3) is 0.273. The predicted octanol–water partition coefficient (Wildman–Crippen LogP) is 5.65. The van der Waals surface area contributed by atoms with Crippen molar-refractivity contribution in [1.82, 2.24) is 14.5 Å². The summed E-state index contributed by atoms with van der Waals surface area (Å²) in [6.07, 6.45) is 5.47. The van der Waals surface area contributed by atoms with Gasteiger partial charge >= 0.3 is 0 Å². The maximum absolute atomic E-state index is 6.34. The molecule has 0 saturated heterocycles. The van der Waals surface area contributed by atoms with Crippen molar-refractivity contribution in [3.63, 3.8) is 0 Å². The van der Waals surface area contributed by atoms with E-state index in [-0.39, 0.29) is 0 Å². The van der Waals surface area contributed by atoms with Gasteiger partial charge in [-0.05, 0) is 43.5 Å².